The number of hydrogen-bond acceptors (Lipinski definition) is 6. The molecule has 6 nitrogen and oxygen atoms in total. The number of hydrogen-bond donors (Lipinski definition) is 0. The number of nitrogens with zero attached hydrogens (tertiary/aromatic N) is 2. The Balaban J connectivity index is 1.53. The van der Waals surface area contributed by atoms with Gasteiger partial charge in [0.1, 0.15) is 5.01 Å². The fourth-order valence-corrected chi connectivity index (χ4v) is 3.58. The average Bonchev–Trinajstić information content (AvgIpc) is 3.34. The Morgan fingerprint density at radius 1 is 1.29 bits per heavy atom. The highest BCUT2D eigenvalue weighted by Gasteiger charge is 2.29. The highest BCUT2D eigenvalue weighted by molar-refractivity contribution is 7.09. The molecule has 0 saturated carbocycles. The van der Waals surface area contributed by atoms with Gasteiger partial charge in [-0.05, 0) is 24.1 Å². The van der Waals surface area contributed by atoms with E-state index in [1.54, 1.807) is 17.5 Å². The SMILES string of the molecule is O=C([C@@H]1CCOC1)N(Cc1ccc2c(c1)OCO2)Cc1nccs1. The lowest BCUT2D eigenvalue weighted by Crippen LogP contribution is -2.35. The molecule has 0 radical (unpaired) electrons. The van der Waals surface area contributed by atoms with Crippen LogP contribution < -0.4 is 9.47 Å². The van der Waals surface area contributed by atoms with Crippen LogP contribution in [-0.2, 0) is 22.6 Å². The van der Waals surface area contributed by atoms with Gasteiger partial charge in [0.25, 0.3) is 0 Å². The van der Waals surface area contributed by atoms with Crippen LogP contribution in [0.2, 0.25) is 0 Å². The van der Waals surface area contributed by atoms with E-state index in [1.807, 2.05) is 28.5 Å². The van der Waals surface area contributed by atoms with Gasteiger partial charge in [-0.15, -0.1) is 11.3 Å². The summed E-state index contributed by atoms with van der Waals surface area (Å²) in [6.07, 6.45) is 2.55. The monoisotopic (exact) mass is 346 g/mol. The van der Waals surface area contributed by atoms with Crippen LogP contribution in [0.25, 0.3) is 0 Å². The number of fused-ring (bicyclic) bond motifs is 1. The first-order valence-corrected chi connectivity index (χ1v) is 8.81. The highest BCUT2D eigenvalue weighted by atomic mass is 32.1. The van der Waals surface area contributed by atoms with Crippen molar-refractivity contribution >= 4 is 17.2 Å². The third kappa shape index (κ3) is 3.22. The van der Waals surface area contributed by atoms with Crippen LogP contribution in [0.5, 0.6) is 11.5 Å². The number of ether oxygens (including phenoxy) is 3. The molecule has 1 atom stereocenters. The lowest BCUT2D eigenvalue weighted by Gasteiger charge is -2.24. The molecular formula is C17H18N2O4S. The highest BCUT2D eigenvalue weighted by Crippen LogP contribution is 2.33. The van der Waals surface area contributed by atoms with E-state index in [1.165, 1.54) is 0 Å². The van der Waals surface area contributed by atoms with Crippen molar-refractivity contribution in [3.8, 4) is 11.5 Å². The van der Waals surface area contributed by atoms with Crippen molar-refractivity contribution < 1.29 is 19.0 Å². The van der Waals surface area contributed by atoms with E-state index in [-0.39, 0.29) is 18.6 Å². The third-order valence-corrected chi connectivity index (χ3v) is 4.97. The van der Waals surface area contributed by atoms with E-state index in [2.05, 4.69) is 4.98 Å². The van der Waals surface area contributed by atoms with Gasteiger partial charge in [-0.25, -0.2) is 4.98 Å². The minimum absolute atomic E-state index is 0.0565. The Hall–Kier alpha value is -2.12. The maximum atomic E-state index is 12.9. The molecule has 0 N–H and O–H groups in total. The Labute approximate surface area is 144 Å². The van der Waals surface area contributed by atoms with Crippen molar-refractivity contribution in [3.63, 3.8) is 0 Å². The first-order chi connectivity index (χ1) is 11.8. The first-order valence-electron chi connectivity index (χ1n) is 7.93. The Kier molecular flexibility index (Phi) is 4.36. The Bertz CT molecular complexity index is 713. The topological polar surface area (TPSA) is 60.9 Å². The number of rotatable bonds is 5. The molecule has 1 aromatic carbocycles. The number of aromatic nitrogens is 1. The van der Waals surface area contributed by atoms with Gasteiger partial charge in [0.15, 0.2) is 11.5 Å². The maximum absolute atomic E-state index is 12.9. The molecule has 2 aromatic rings. The molecule has 0 unspecified atom stereocenters. The fourth-order valence-electron chi connectivity index (χ4n) is 2.95. The molecule has 4 rings (SSSR count). The molecule has 3 heterocycles. The van der Waals surface area contributed by atoms with E-state index < -0.39 is 0 Å². The summed E-state index contributed by atoms with van der Waals surface area (Å²) in [7, 11) is 0. The quantitative estimate of drug-likeness (QED) is 0.832. The van der Waals surface area contributed by atoms with Crippen molar-refractivity contribution in [3.05, 3.63) is 40.3 Å². The summed E-state index contributed by atoms with van der Waals surface area (Å²) in [5, 5.41) is 2.86. The lowest BCUT2D eigenvalue weighted by molar-refractivity contribution is -0.136. The maximum Gasteiger partial charge on any atom is 0.231 e. The van der Waals surface area contributed by atoms with E-state index in [9.17, 15) is 4.79 Å². The number of benzene rings is 1. The van der Waals surface area contributed by atoms with Gasteiger partial charge >= 0.3 is 0 Å². The molecule has 0 aliphatic carbocycles. The summed E-state index contributed by atoms with van der Waals surface area (Å²) < 4.78 is 16.2. The van der Waals surface area contributed by atoms with Gasteiger partial charge in [0, 0.05) is 24.7 Å². The van der Waals surface area contributed by atoms with Crippen LogP contribution in [0, 0.1) is 5.92 Å². The van der Waals surface area contributed by atoms with Crippen LogP contribution in [-0.4, -0.2) is 35.8 Å². The molecule has 1 fully saturated rings. The van der Waals surface area contributed by atoms with Gasteiger partial charge < -0.3 is 19.1 Å². The van der Waals surface area contributed by atoms with Crippen molar-refractivity contribution in [2.24, 2.45) is 5.92 Å². The normalized spacial score (nSPS) is 18.8. The van der Waals surface area contributed by atoms with Crippen LogP contribution in [0.3, 0.4) is 0 Å². The van der Waals surface area contributed by atoms with E-state index in [0.717, 1.165) is 28.5 Å². The molecule has 24 heavy (non-hydrogen) atoms. The zero-order valence-electron chi connectivity index (χ0n) is 13.1. The average molecular weight is 346 g/mol. The minimum atomic E-state index is -0.0565. The van der Waals surface area contributed by atoms with Gasteiger partial charge in [-0.2, -0.15) is 0 Å². The van der Waals surface area contributed by atoms with Crippen LogP contribution in [0.1, 0.15) is 17.0 Å². The molecule has 1 saturated heterocycles. The summed E-state index contributed by atoms with van der Waals surface area (Å²) in [5.41, 5.74) is 1.02. The second kappa shape index (κ2) is 6.78. The summed E-state index contributed by atoms with van der Waals surface area (Å²) in [6.45, 7) is 2.45. The first kappa shape index (κ1) is 15.4. The van der Waals surface area contributed by atoms with Gasteiger partial charge in [-0.1, -0.05) is 6.07 Å². The number of carbonyl (C=O) groups excluding carboxylic acids is 1. The summed E-state index contributed by atoms with van der Waals surface area (Å²) >= 11 is 1.56. The largest absolute Gasteiger partial charge is 0.454 e. The standard InChI is InChI=1S/C17H18N2O4S/c20-17(13-3-5-21-10-13)19(9-16-18-4-6-24-16)8-12-1-2-14-15(7-12)23-11-22-14/h1-2,4,6-7,13H,3,5,8-11H2/t13-/m1/s1. The zero-order valence-corrected chi connectivity index (χ0v) is 14.0. The molecule has 2 aliphatic heterocycles. The molecule has 1 amide bonds. The van der Waals surface area contributed by atoms with E-state index in [0.29, 0.717) is 26.3 Å². The molecule has 7 heteroatoms. The van der Waals surface area contributed by atoms with E-state index >= 15 is 0 Å². The van der Waals surface area contributed by atoms with Crippen molar-refractivity contribution in [1.29, 1.82) is 0 Å². The van der Waals surface area contributed by atoms with Crippen molar-refractivity contribution in [2.75, 3.05) is 20.0 Å². The van der Waals surface area contributed by atoms with Gasteiger partial charge in [0.05, 0.1) is 19.1 Å². The van der Waals surface area contributed by atoms with Gasteiger partial charge in [-0.3, -0.25) is 4.79 Å². The predicted octanol–water partition coefficient (Wildman–Crippen LogP) is 2.44. The number of thiazole rings is 1. The third-order valence-electron chi connectivity index (χ3n) is 4.21. The Morgan fingerprint density at radius 3 is 3.00 bits per heavy atom. The minimum Gasteiger partial charge on any atom is -0.454 e. The summed E-state index contributed by atoms with van der Waals surface area (Å²) in [4.78, 5) is 19.0. The molecular weight excluding hydrogens is 328 g/mol. The summed E-state index contributed by atoms with van der Waals surface area (Å²) in [5.74, 6) is 1.55. The predicted molar refractivity (Wildman–Crippen MR) is 87.9 cm³/mol. The second-order valence-electron chi connectivity index (χ2n) is 5.87. The molecule has 1 aromatic heterocycles. The smallest absolute Gasteiger partial charge is 0.231 e. The van der Waals surface area contributed by atoms with Crippen LogP contribution in [0.15, 0.2) is 29.8 Å². The molecule has 0 spiro atoms. The van der Waals surface area contributed by atoms with Crippen LogP contribution in [0.4, 0.5) is 0 Å². The molecule has 126 valence electrons. The van der Waals surface area contributed by atoms with Crippen LogP contribution >= 0.6 is 11.3 Å². The fraction of sp³-hybridized carbons (Fsp3) is 0.412. The summed E-state index contributed by atoms with van der Waals surface area (Å²) in [6, 6.07) is 5.80. The number of carbonyl (C=O) groups is 1. The lowest BCUT2D eigenvalue weighted by atomic mass is 10.1. The molecule has 2 aliphatic rings. The second-order valence-corrected chi connectivity index (χ2v) is 6.85. The van der Waals surface area contributed by atoms with Crippen molar-refractivity contribution in [1.82, 2.24) is 9.88 Å². The zero-order chi connectivity index (χ0) is 16.4. The molecule has 0 bridgehead atoms. The Morgan fingerprint density at radius 2 is 2.21 bits per heavy atom. The van der Waals surface area contributed by atoms with E-state index in [4.69, 9.17) is 14.2 Å². The van der Waals surface area contributed by atoms with Crippen molar-refractivity contribution in [2.45, 2.75) is 19.5 Å². The number of amides is 1. The van der Waals surface area contributed by atoms with Gasteiger partial charge in [0.2, 0.25) is 12.7 Å².